The first-order valence-electron chi connectivity index (χ1n) is 5.63. The Hall–Kier alpha value is -2.97. The van der Waals surface area contributed by atoms with E-state index < -0.39 is 12.0 Å². The molecule has 9 nitrogen and oxygen atoms in total. The number of amides is 2. The van der Waals surface area contributed by atoms with E-state index in [1.807, 2.05) is 0 Å². The number of anilines is 1. The number of carboxylic acid groups (broad SMARTS) is 1. The minimum atomic E-state index is -1.12. The van der Waals surface area contributed by atoms with E-state index in [2.05, 4.69) is 25.7 Å². The minimum absolute atomic E-state index is 0.0892. The van der Waals surface area contributed by atoms with Gasteiger partial charge in [0.15, 0.2) is 5.82 Å². The Balaban J connectivity index is 1.86. The van der Waals surface area contributed by atoms with Crippen LogP contribution in [0.1, 0.15) is 16.3 Å². The molecule has 9 heteroatoms. The fourth-order valence-electron chi connectivity index (χ4n) is 1.39. The zero-order valence-corrected chi connectivity index (χ0v) is 10.6. The Morgan fingerprint density at radius 1 is 1.35 bits per heavy atom. The second-order valence-electron chi connectivity index (χ2n) is 3.88. The maximum Gasteiger partial charge on any atom is 0.354 e. The highest BCUT2D eigenvalue weighted by molar-refractivity contribution is 5.90. The maximum absolute atomic E-state index is 11.6. The van der Waals surface area contributed by atoms with Gasteiger partial charge in [-0.3, -0.25) is 4.68 Å². The van der Waals surface area contributed by atoms with E-state index in [0.29, 0.717) is 11.5 Å². The highest BCUT2D eigenvalue weighted by Crippen LogP contribution is 2.05. The van der Waals surface area contributed by atoms with Crippen molar-refractivity contribution in [3.63, 3.8) is 0 Å². The lowest BCUT2D eigenvalue weighted by molar-refractivity contribution is 0.0690. The molecule has 2 heterocycles. The summed E-state index contributed by atoms with van der Waals surface area (Å²) < 4.78 is 1.53. The minimum Gasteiger partial charge on any atom is -0.477 e. The van der Waals surface area contributed by atoms with E-state index in [-0.39, 0.29) is 12.2 Å². The van der Waals surface area contributed by atoms with Crippen molar-refractivity contribution < 1.29 is 14.7 Å². The van der Waals surface area contributed by atoms with Gasteiger partial charge in [0.1, 0.15) is 12.0 Å². The molecule has 2 aromatic rings. The monoisotopic (exact) mass is 276 g/mol. The van der Waals surface area contributed by atoms with Gasteiger partial charge < -0.3 is 15.7 Å². The lowest BCUT2D eigenvalue weighted by atomic mass is 10.3. The van der Waals surface area contributed by atoms with Crippen LogP contribution in [-0.2, 0) is 13.6 Å². The Morgan fingerprint density at radius 2 is 2.15 bits per heavy atom. The van der Waals surface area contributed by atoms with Crippen LogP contribution >= 0.6 is 0 Å². The van der Waals surface area contributed by atoms with Crippen LogP contribution in [0.2, 0.25) is 0 Å². The zero-order valence-electron chi connectivity index (χ0n) is 10.6. The summed E-state index contributed by atoms with van der Waals surface area (Å²) in [5.74, 6) is -0.635. The van der Waals surface area contributed by atoms with Crippen LogP contribution in [0.25, 0.3) is 0 Å². The fourth-order valence-corrected chi connectivity index (χ4v) is 1.39. The molecule has 0 fully saturated rings. The summed E-state index contributed by atoms with van der Waals surface area (Å²) in [6.07, 6.45) is 2.80. The number of carbonyl (C=O) groups excluding carboxylic acids is 1. The van der Waals surface area contributed by atoms with Gasteiger partial charge in [-0.2, -0.15) is 5.10 Å². The molecule has 0 saturated heterocycles. The molecule has 2 aromatic heterocycles. The van der Waals surface area contributed by atoms with Crippen LogP contribution in [0, 0.1) is 0 Å². The Bertz CT molecular complexity index is 621. The summed E-state index contributed by atoms with van der Waals surface area (Å²) in [6, 6.07) is 2.30. The highest BCUT2D eigenvalue weighted by atomic mass is 16.4. The average molecular weight is 276 g/mol. The van der Waals surface area contributed by atoms with E-state index in [4.69, 9.17) is 5.11 Å². The van der Waals surface area contributed by atoms with Crippen LogP contribution in [0.4, 0.5) is 10.5 Å². The number of rotatable bonds is 4. The Labute approximate surface area is 113 Å². The van der Waals surface area contributed by atoms with Gasteiger partial charge in [0.05, 0.1) is 18.4 Å². The van der Waals surface area contributed by atoms with Crippen molar-refractivity contribution in [2.24, 2.45) is 7.05 Å². The molecule has 104 valence electrons. The summed E-state index contributed by atoms with van der Waals surface area (Å²) >= 11 is 0. The molecule has 0 aliphatic carbocycles. The SMILES string of the molecule is Cn1cnc(CNC(=O)Nc2ccc(C(=O)O)nc2)n1. The molecular formula is C11H12N6O3. The van der Waals surface area contributed by atoms with Crippen molar-refractivity contribution in [2.75, 3.05) is 5.32 Å². The van der Waals surface area contributed by atoms with Gasteiger partial charge in [0, 0.05) is 7.05 Å². The number of aromatic nitrogens is 4. The van der Waals surface area contributed by atoms with Crippen molar-refractivity contribution >= 4 is 17.7 Å². The average Bonchev–Trinajstić information content (AvgIpc) is 2.83. The third-order valence-electron chi connectivity index (χ3n) is 2.29. The van der Waals surface area contributed by atoms with Crippen LogP contribution in [-0.4, -0.2) is 36.9 Å². The predicted octanol–water partition coefficient (Wildman–Crippen LogP) is 0.230. The Kier molecular flexibility index (Phi) is 3.89. The smallest absolute Gasteiger partial charge is 0.354 e. The topological polar surface area (TPSA) is 122 Å². The van der Waals surface area contributed by atoms with E-state index in [0.717, 1.165) is 0 Å². The van der Waals surface area contributed by atoms with Crippen LogP contribution < -0.4 is 10.6 Å². The maximum atomic E-state index is 11.6. The summed E-state index contributed by atoms with van der Waals surface area (Å²) in [5, 5.41) is 17.8. The molecule has 0 saturated carbocycles. The number of nitrogens with one attached hydrogen (secondary N) is 2. The van der Waals surface area contributed by atoms with Crippen molar-refractivity contribution in [1.29, 1.82) is 0 Å². The largest absolute Gasteiger partial charge is 0.477 e. The number of hydrogen-bond acceptors (Lipinski definition) is 5. The lowest BCUT2D eigenvalue weighted by Crippen LogP contribution is -2.28. The van der Waals surface area contributed by atoms with Crippen LogP contribution in [0.5, 0.6) is 0 Å². The second kappa shape index (κ2) is 5.78. The lowest BCUT2D eigenvalue weighted by Gasteiger charge is -2.05. The van der Waals surface area contributed by atoms with Crippen molar-refractivity contribution in [2.45, 2.75) is 6.54 Å². The van der Waals surface area contributed by atoms with E-state index in [1.54, 1.807) is 7.05 Å². The number of pyridine rings is 1. The number of carboxylic acids is 1. The quantitative estimate of drug-likeness (QED) is 0.734. The van der Waals surface area contributed by atoms with Gasteiger partial charge in [-0.15, -0.1) is 0 Å². The second-order valence-corrected chi connectivity index (χ2v) is 3.88. The summed E-state index contributed by atoms with van der Waals surface area (Å²) in [5.41, 5.74) is 0.301. The molecule has 0 bridgehead atoms. The Morgan fingerprint density at radius 3 is 2.70 bits per heavy atom. The van der Waals surface area contributed by atoms with Gasteiger partial charge >= 0.3 is 12.0 Å². The number of carbonyl (C=O) groups is 2. The molecule has 2 rings (SSSR count). The number of aromatic carboxylic acids is 1. The summed E-state index contributed by atoms with van der Waals surface area (Å²) in [4.78, 5) is 29.8. The molecule has 0 unspecified atom stereocenters. The predicted molar refractivity (Wildman–Crippen MR) is 68.1 cm³/mol. The van der Waals surface area contributed by atoms with Crippen LogP contribution in [0.15, 0.2) is 24.7 Å². The fraction of sp³-hybridized carbons (Fsp3) is 0.182. The number of urea groups is 1. The van der Waals surface area contributed by atoms with Crippen LogP contribution in [0.3, 0.4) is 0 Å². The molecule has 2 amide bonds. The van der Waals surface area contributed by atoms with Gasteiger partial charge in [0.2, 0.25) is 0 Å². The van der Waals surface area contributed by atoms with E-state index >= 15 is 0 Å². The normalized spacial score (nSPS) is 10.1. The summed E-state index contributed by atoms with van der Waals surface area (Å²) in [7, 11) is 1.73. The molecule has 0 aliphatic heterocycles. The number of aryl methyl sites for hydroxylation is 1. The molecule has 0 radical (unpaired) electrons. The first kappa shape index (κ1) is 13.5. The van der Waals surface area contributed by atoms with Gasteiger partial charge in [-0.1, -0.05) is 0 Å². The van der Waals surface area contributed by atoms with Gasteiger partial charge in [-0.05, 0) is 12.1 Å². The first-order valence-corrected chi connectivity index (χ1v) is 5.63. The van der Waals surface area contributed by atoms with Crippen molar-refractivity contribution in [3.05, 3.63) is 36.2 Å². The first-order chi connectivity index (χ1) is 9.54. The van der Waals surface area contributed by atoms with Gasteiger partial charge in [-0.25, -0.2) is 19.6 Å². The molecule has 0 aliphatic rings. The standard InChI is InChI=1S/C11H12N6O3/c1-17-6-14-9(16-17)5-13-11(20)15-7-2-3-8(10(18)19)12-4-7/h2-4,6H,5H2,1H3,(H,18,19)(H2,13,15,20). The third kappa shape index (κ3) is 3.51. The zero-order chi connectivity index (χ0) is 14.5. The molecular weight excluding hydrogens is 264 g/mol. The molecule has 3 N–H and O–H groups in total. The van der Waals surface area contributed by atoms with E-state index in [9.17, 15) is 9.59 Å². The molecule has 0 atom stereocenters. The summed E-state index contributed by atoms with van der Waals surface area (Å²) in [6.45, 7) is 0.188. The third-order valence-corrected chi connectivity index (χ3v) is 2.29. The number of nitrogens with zero attached hydrogens (tertiary/aromatic N) is 4. The van der Waals surface area contributed by atoms with Crippen molar-refractivity contribution in [3.8, 4) is 0 Å². The molecule has 0 spiro atoms. The molecule has 0 aromatic carbocycles. The van der Waals surface area contributed by atoms with Gasteiger partial charge in [0.25, 0.3) is 0 Å². The number of hydrogen-bond donors (Lipinski definition) is 3. The molecule has 20 heavy (non-hydrogen) atoms. The van der Waals surface area contributed by atoms with Crippen molar-refractivity contribution in [1.82, 2.24) is 25.1 Å². The highest BCUT2D eigenvalue weighted by Gasteiger charge is 2.06. The van der Waals surface area contributed by atoms with E-state index in [1.165, 1.54) is 29.3 Å².